The SMILES string of the molecule is CNCCCCNCn1cc(Br)cn1. The Bertz CT molecular complexity index is 249. The number of nitrogens with zero attached hydrogens (tertiary/aromatic N) is 2. The Morgan fingerprint density at radius 3 is 2.86 bits per heavy atom. The van der Waals surface area contributed by atoms with Gasteiger partial charge in [-0.1, -0.05) is 0 Å². The maximum absolute atomic E-state index is 4.14. The van der Waals surface area contributed by atoms with Crippen molar-refractivity contribution in [2.45, 2.75) is 19.5 Å². The number of rotatable bonds is 7. The highest BCUT2D eigenvalue weighted by atomic mass is 79.9. The van der Waals surface area contributed by atoms with E-state index in [9.17, 15) is 0 Å². The summed E-state index contributed by atoms with van der Waals surface area (Å²) < 4.78 is 2.90. The molecule has 0 aromatic carbocycles. The smallest absolute Gasteiger partial charge is 0.0904 e. The molecule has 0 saturated carbocycles. The second-order valence-electron chi connectivity index (χ2n) is 3.17. The van der Waals surface area contributed by atoms with Gasteiger partial charge in [-0.15, -0.1) is 0 Å². The van der Waals surface area contributed by atoms with Gasteiger partial charge >= 0.3 is 0 Å². The Hall–Kier alpha value is -0.390. The maximum atomic E-state index is 4.14. The van der Waals surface area contributed by atoms with Crippen LogP contribution < -0.4 is 10.6 Å². The predicted molar refractivity (Wildman–Crippen MR) is 61.1 cm³/mol. The second-order valence-corrected chi connectivity index (χ2v) is 4.08. The van der Waals surface area contributed by atoms with E-state index in [4.69, 9.17) is 0 Å². The second kappa shape index (κ2) is 6.98. The first-order valence-electron chi connectivity index (χ1n) is 4.86. The Morgan fingerprint density at radius 1 is 1.43 bits per heavy atom. The summed E-state index contributed by atoms with van der Waals surface area (Å²) in [6, 6.07) is 0. The van der Waals surface area contributed by atoms with E-state index in [2.05, 4.69) is 31.7 Å². The van der Waals surface area contributed by atoms with E-state index in [0.29, 0.717) is 0 Å². The minimum absolute atomic E-state index is 0.783. The molecule has 0 unspecified atom stereocenters. The number of unbranched alkanes of at least 4 members (excludes halogenated alkanes) is 1. The summed E-state index contributed by atoms with van der Waals surface area (Å²) in [7, 11) is 1.98. The zero-order valence-electron chi connectivity index (χ0n) is 8.46. The van der Waals surface area contributed by atoms with Crippen LogP contribution in [0.15, 0.2) is 16.9 Å². The molecule has 0 spiro atoms. The number of nitrogens with one attached hydrogen (secondary N) is 2. The largest absolute Gasteiger partial charge is 0.320 e. The minimum atomic E-state index is 0.783. The molecular weight excluding hydrogens is 244 g/mol. The fraction of sp³-hybridized carbons (Fsp3) is 0.667. The molecule has 0 aliphatic heterocycles. The van der Waals surface area contributed by atoms with Crippen LogP contribution >= 0.6 is 15.9 Å². The van der Waals surface area contributed by atoms with Crippen LogP contribution in [0.25, 0.3) is 0 Å². The topological polar surface area (TPSA) is 41.9 Å². The molecule has 1 heterocycles. The van der Waals surface area contributed by atoms with Crippen molar-refractivity contribution in [1.82, 2.24) is 20.4 Å². The number of hydrogen-bond donors (Lipinski definition) is 2. The van der Waals surface area contributed by atoms with Crippen LogP contribution in [0.1, 0.15) is 12.8 Å². The molecule has 4 nitrogen and oxygen atoms in total. The van der Waals surface area contributed by atoms with Crippen LogP contribution in [0.5, 0.6) is 0 Å². The van der Waals surface area contributed by atoms with Gasteiger partial charge in [0, 0.05) is 6.20 Å². The van der Waals surface area contributed by atoms with Gasteiger partial charge in [0.2, 0.25) is 0 Å². The molecule has 0 bridgehead atoms. The highest BCUT2D eigenvalue weighted by molar-refractivity contribution is 9.10. The van der Waals surface area contributed by atoms with Crippen molar-refractivity contribution in [1.29, 1.82) is 0 Å². The van der Waals surface area contributed by atoms with E-state index in [1.807, 2.05) is 17.9 Å². The molecule has 0 radical (unpaired) electrons. The van der Waals surface area contributed by atoms with Crippen molar-refractivity contribution in [3.63, 3.8) is 0 Å². The number of hydrogen-bond acceptors (Lipinski definition) is 3. The molecule has 0 aliphatic rings. The van der Waals surface area contributed by atoms with Gasteiger partial charge in [0.15, 0.2) is 0 Å². The average molecular weight is 261 g/mol. The van der Waals surface area contributed by atoms with E-state index < -0.39 is 0 Å². The Labute approximate surface area is 93.2 Å². The zero-order chi connectivity index (χ0) is 10.2. The molecule has 1 rings (SSSR count). The monoisotopic (exact) mass is 260 g/mol. The van der Waals surface area contributed by atoms with Crippen LogP contribution in [0, 0.1) is 0 Å². The quantitative estimate of drug-likeness (QED) is 0.724. The lowest BCUT2D eigenvalue weighted by molar-refractivity contribution is 0.496. The molecule has 0 amide bonds. The van der Waals surface area contributed by atoms with Crippen molar-refractivity contribution in [2.75, 3.05) is 20.1 Å². The Balaban J connectivity index is 1.99. The first-order valence-corrected chi connectivity index (χ1v) is 5.65. The maximum Gasteiger partial charge on any atom is 0.0904 e. The van der Waals surface area contributed by atoms with Crippen molar-refractivity contribution < 1.29 is 0 Å². The first-order chi connectivity index (χ1) is 6.83. The van der Waals surface area contributed by atoms with Crippen molar-refractivity contribution in [3.05, 3.63) is 16.9 Å². The lowest BCUT2D eigenvalue weighted by Crippen LogP contribution is -2.20. The lowest BCUT2D eigenvalue weighted by atomic mass is 10.3. The van der Waals surface area contributed by atoms with Gasteiger partial charge in [0.05, 0.1) is 17.3 Å². The van der Waals surface area contributed by atoms with E-state index in [1.165, 1.54) is 12.8 Å². The molecule has 0 saturated heterocycles. The van der Waals surface area contributed by atoms with E-state index in [0.717, 1.165) is 24.2 Å². The summed E-state index contributed by atoms with van der Waals surface area (Å²) in [5.41, 5.74) is 0. The van der Waals surface area contributed by atoms with Gasteiger partial charge < -0.3 is 5.32 Å². The van der Waals surface area contributed by atoms with Gasteiger partial charge in [-0.3, -0.25) is 10.00 Å². The van der Waals surface area contributed by atoms with Crippen LogP contribution in [-0.4, -0.2) is 29.9 Å². The third kappa shape index (κ3) is 4.74. The fourth-order valence-electron chi connectivity index (χ4n) is 1.17. The summed E-state index contributed by atoms with van der Waals surface area (Å²) in [4.78, 5) is 0. The van der Waals surface area contributed by atoms with E-state index in [1.54, 1.807) is 6.20 Å². The summed E-state index contributed by atoms with van der Waals surface area (Å²) in [5.74, 6) is 0. The molecule has 0 aliphatic carbocycles. The summed E-state index contributed by atoms with van der Waals surface area (Å²) in [6.07, 6.45) is 6.17. The van der Waals surface area contributed by atoms with Gasteiger partial charge in [0.1, 0.15) is 0 Å². The minimum Gasteiger partial charge on any atom is -0.320 e. The van der Waals surface area contributed by atoms with Gasteiger partial charge in [-0.25, -0.2) is 0 Å². The lowest BCUT2D eigenvalue weighted by Gasteiger charge is -2.04. The zero-order valence-corrected chi connectivity index (χ0v) is 10.0. The standard InChI is InChI=1S/C9H17BrN4/c1-11-4-2-3-5-12-8-14-7-9(10)6-13-14/h6-7,11-12H,2-5,8H2,1H3. The number of halogens is 1. The van der Waals surface area contributed by atoms with Crippen LogP contribution in [0.3, 0.4) is 0 Å². The average Bonchev–Trinajstić information content (AvgIpc) is 2.58. The molecule has 0 atom stereocenters. The molecular formula is C9H17BrN4. The van der Waals surface area contributed by atoms with Crippen LogP contribution in [0.2, 0.25) is 0 Å². The highest BCUT2D eigenvalue weighted by Gasteiger charge is 1.93. The van der Waals surface area contributed by atoms with Crippen molar-refractivity contribution >= 4 is 15.9 Å². The third-order valence-electron chi connectivity index (χ3n) is 1.91. The van der Waals surface area contributed by atoms with Crippen molar-refractivity contribution in [2.24, 2.45) is 0 Å². The predicted octanol–water partition coefficient (Wildman–Crippen LogP) is 1.19. The molecule has 2 N–H and O–H groups in total. The molecule has 14 heavy (non-hydrogen) atoms. The normalized spacial score (nSPS) is 10.7. The summed E-state index contributed by atoms with van der Waals surface area (Å²) in [5, 5.41) is 10.6. The molecule has 1 aromatic rings. The van der Waals surface area contributed by atoms with E-state index in [-0.39, 0.29) is 0 Å². The van der Waals surface area contributed by atoms with Crippen molar-refractivity contribution in [3.8, 4) is 0 Å². The van der Waals surface area contributed by atoms with Gasteiger partial charge in [-0.05, 0) is 48.9 Å². The summed E-state index contributed by atoms with van der Waals surface area (Å²) >= 11 is 3.36. The molecule has 80 valence electrons. The Morgan fingerprint density at radius 2 is 2.21 bits per heavy atom. The highest BCUT2D eigenvalue weighted by Crippen LogP contribution is 2.05. The van der Waals surface area contributed by atoms with Crippen LogP contribution in [-0.2, 0) is 6.67 Å². The van der Waals surface area contributed by atoms with Gasteiger partial charge in [-0.2, -0.15) is 5.10 Å². The van der Waals surface area contributed by atoms with Gasteiger partial charge in [0.25, 0.3) is 0 Å². The molecule has 1 aromatic heterocycles. The number of aromatic nitrogens is 2. The third-order valence-corrected chi connectivity index (χ3v) is 2.32. The van der Waals surface area contributed by atoms with E-state index >= 15 is 0 Å². The Kier molecular flexibility index (Phi) is 5.82. The summed E-state index contributed by atoms with van der Waals surface area (Å²) in [6.45, 7) is 2.92. The van der Waals surface area contributed by atoms with Crippen LogP contribution in [0.4, 0.5) is 0 Å². The fourth-order valence-corrected chi connectivity index (χ4v) is 1.50. The molecule has 0 fully saturated rings. The first kappa shape index (κ1) is 11.7. The molecule has 5 heteroatoms.